The Balaban J connectivity index is 1.94. The fourth-order valence-electron chi connectivity index (χ4n) is 4.17. The maximum atomic E-state index is 7.04. The first-order valence-corrected chi connectivity index (χ1v) is 11.1. The van der Waals surface area contributed by atoms with Crippen LogP contribution >= 0.6 is 0 Å². The molecule has 0 bridgehead atoms. The molecule has 0 heterocycles. The number of hydrogen-bond donors (Lipinski definition) is 2. The van der Waals surface area contributed by atoms with Crippen LogP contribution in [0.4, 0.5) is 0 Å². The van der Waals surface area contributed by atoms with E-state index in [9.17, 15) is 0 Å². The van der Waals surface area contributed by atoms with Crippen LogP contribution in [0.3, 0.4) is 0 Å². The number of allylic oxidation sites excluding steroid dienone is 1. The molecule has 1 aliphatic rings. The maximum Gasteiger partial charge on any atom is 0.135 e. The monoisotopic (exact) mass is 426 g/mol. The summed E-state index contributed by atoms with van der Waals surface area (Å²) < 4.78 is 12.7. The largest absolute Gasteiger partial charge is 0.457 e. The Morgan fingerprint density at radius 1 is 0.812 bits per heavy atom. The van der Waals surface area contributed by atoms with Gasteiger partial charge in [0.25, 0.3) is 0 Å². The number of hydrogen-bond acceptors (Lipinski definition) is 4. The summed E-state index contributed by atoms with van der Waals surface area (Å²) in [5.74, 6) is 2.95. The van der Waals surface area contributed by atoms with Gasteiger partial charge in [-0.25, -0.2) is 0 Å². The molecule has 4 nitrogen and oxygen atoms in total. The average Bonchev–Trinajstić information content (AvgIpc) is 2.83. The van der Waals surface area contributed by atoms with E-state index in [1.807, 2.05) is 84.9 Å². The van der Waals surface area contributed by atoms with E-state index < -0.39 is 5.54 Å². The molecule has 0 saturated carbocycles. The van der Waals surface area contributed by atoms with Crippen molar-refractivity contribution in [3.63, 3.8) is 0 Å². The Kier molecular flexibility index (Phi) is 6.45. The molecule has 0 spiro atoms. The third-order valence-electron chi connectivity index (χ3n) is 6.03. The molecule has 0 aliphatic heterocycles. The molecule has 3 aromatic rings. The smallest absolute Gasteiger partial charge is 0.135 e. The van der Waals surface area contributed by atoms with Crippen molar-refractivity contribution < 1.29 is 9.47 Å². The molecule has 0 radical (unpaired) electrons. The van der Waals surface area contributed by atoms with E-state index in [0.29, 0.717) is 12.2 Å². The van der Waals surface area contributed by atoms with Gasteiger partial charge in [-0.15, -0.1) is 0 Å². The Morgan fingerprint density at radius 2 is 1.44 bits per heavy atom. The highest BCUT2D eigenvalue weighted by Crippen LogP contribution is 2.44. The number of nitrogens with two attached hydrogens (primary N) is 2. The fourth-order valence-corrected chi connectivity index (χ4v) is 4.17. The number of benzene rings is 3. The molecular formula is C28H30N2O2. The van der Waals surface area contributed by atoms with Crippen LogP contribution in [0.5, 0.6) is 17.2 Å². The first kappa shape index (κ1) is 21.9. The van der Waals surface area contributed by atoms with Crippen LogP contribution in [-0.2, 0) is 6.42 Å². The third kappa shape index (κ3) is 4.20. The van der Waals surface area contributed by atoms with Gasteiger partial charge in [0.2, 0.25) is 0 Å². The number of aryl methyl sites for hydroxylation is 1. The molecule has 1 aliphatic carbocycles. The molecule has 0 aromatic heterocycles. The van der Waals surface area contributed by atoms with Crippen LogP contribution in [0, 0.1) is 0 Å². The summed E-state index contributed by atoms with van der Waals surface area (Å²) in [5, 5.41) is 0. The number of ether oxygens (including phenoxy) is 2. The van der Waals surface area contributed by atoms with Gasteiger partial charge in [0.15, 0.2) is 0 Å². The molecule has 2 atom stereocenters. The van der Waals surface area contributed by atoms with E-state index in [4.69, 9.17) is 20.9 Å². The van der Waals surface area contributed by atoms with Gasteiger partial charge >= 0.3 is 0 Å². The van der Waals surface area contributed by atoms with Crippen LogP contribution in [-0.4, -0.2) is 11.6 Å². The van der Waals surface area contributed by atoms with E-state index in [0.717, 1.165) is 40.4 Å². The minimum atomic E-state index is -0.807. The highest BCUT2D eigenvalue weighted by molar-refractivity contribution is 5.84. The highest BCUT2D eigenvalue weighted by Gasteiger charge is 2.41. The standard InChI is InChI=1S/C28H30N2O2/c1-3-20-12-11-17-23(31-21-13-7-5-8-14-21)26(20)27-24(32-22-15-9-6-10-16-22)18-19-25(29)28(27,30)4-2/h5-19,25H,3-4,29-30H2,1-2H3. The van der Waals surface area contributed by atoms with Gasteiger partial charge in [-0.2, -0.15) is 0 Å². The van der Waals surface area contributed by atoms with Gasteiger partial charge in [0.1, 0.15) is 23.0 Å². The lowest BCUT2D eigenvalue weighted by Crippen LogP contribution is -2.56. The summed E-state index contributed by atoms with van der Waals surface area (Å²) in [7, 11) is 0. The molecule has 4 N–H and O–H groups in total. The van der Waals surface area contributed by atoms with E-state index in [1.165, 1.54) is 0 Å². The fraction of sp³-hybridized carbons (Fsp3) is 0.214. The molecule has 4 rings (SSSR count). The van der Waals surface area contributed by atoms with E-state index in [1.54, 1.807) is 0 Å². The molecule has 0 fully saturated rings. The zero-order valence-electron chi connectivity index (χ0n) is 18.6. The zero-order chi connectivity index (χ0) is 22.6. The average molecular weight is 427 g/mol. The second kappa shape index (κ2) is 9.43. The molecule has 164 valence electrons. The lowest BCUT2D eigenvalue weighted by molar-refractivity contribution is 0.404. The van der Waals surface area contributed by atoms with Crippen molar-refractivity contribution in [3.8, 4) is 17.2 Å². The normalized spacial score (nSPS) is 20.3. The summed E-state index contributed by atoms with van der Waals surface area (Å²) >= 11 is 0. The SMILES string of the molecule is CCc1cccc(Oc2ccccc2)c1C1=C(Oc2ccccc2)C=CC(N)C1(N)CC. The minimum absolute atomic E-state index is 0.347. The molecule has 0 amide bonds. The second-order valence-electron chi connectivity index (χ2n) is 7.99. The summed E-state index contributed by atoms with van der Waals surface area (Å²) in [6.07, 6.45) is 5.34. The lowest BCUT2D eigenvalue weighted by Gasteiger charge is -2.40. The predicted molar refractivity (Wildman–Crippen MR) is 131 cm³/mol. The van der Waals surface area contributed by atoms with E-state index in [-0.39, 0.29) is 6.04 Å². The van der Waals surface area contributed by atoms with Crippen molar-refractivity contribution in [2.45, 2.75) is 38.3 Å². The third-order valence-corrected chi connectivity index (χ3v) is 6.03. The molecule has 2 unspecified atom stereocenters. The molecule has 3 aromatic carbocycles. The number of para-hydroxylation sites is 2. The molecule has 4 heteroatoms. The van der Waals surface area contributed by atoms with Crippen LogP contribution in [0.2, 0.25) is 0 Å². The van der Waals surface area contributed by atoms with Gasteiger partial charge in [-0.1, -0.05) is 68.5 Å². The van der Waals surface area contributed by atoms with Gasteiger partial charge < -0.3 is 20.9 Å². The Bertz CT molecular complexity index is 1120. The lowest BCUT2D eigenvalue weighted by atomic mass is 9.73. The van der Waals surface area contributed by atoms with E-state index in [2.05, 4.69) is 19.9 Å². The van der Waals surface area contributed by atoms with E-state index >= 15 is 0 Å². The van der Waals surface area contributed by atoms with Crippen LogP contribution in [0.25, 0.3) is 5.57 Å². The Hall–Kier alpha value is -3.34. The second-order valence-corrected chi connectivity index (χ2v) is 7.99. The Morgan fingerprint density at radius 3 is 2.03 bits per heavy atom. The van der Waals surface area contributed by atoms with Gasteiger partial charge in [0, 0.05) is 17.2 Å². The van der Waals surface area contributed by atoms with Crippen molar-refractivity contribution in [3.05, 3.63) is 108 Å². The number of rotatable bonds is 7. The highest BCUT2D eigenvalue weighted by atomic mass is 16.5. The van der Waals surface area contributed by atoms with Gasteiger partial charge in [0.05, 0.1) is 5.54 Å². The summed E-state index contributed by atoms with van der Waals surface area (Å²) in [4.78, 5) is 0. The Labute approximate surface area is 190 Å². The van der Waals surface area contributed by atoms with Gasteiger partial charge in [-0.3, -0.25) is 0 Å². The molecule has 32 heavy (non-hydrogen) atoms. The van der Waals surface area contributed by atoms with Crippen LogP contribution in [0.15, 0.2) is 96.8 Å². The molecule has 0 saturated heterocycles. The van der Waals surface area contributed by atoms with Crippen LogP contribution in [0.1, 0.15) is 31.4 Å². The van der Waals surface area contributed by atoms with Crippen molar-refractivity contribution in [1.82, 2.24) is 0 Å². The van der Waals surface area contributed by atoms with Crippen LogP contribution < -0.4 is 20.9 Å². The van der Waals surface area contributed by atoms with Gasteiger partial charge in [-0.05, 0) is 54.8 Å². The van der Waals surface area contributed by atoms with Crippen molar-refractivity contribution in [2.24, 2.45) is 11.5 Å². The summed E-state index contributed by atoms with van der Waals surface area (Å²) in [6.45, 7) is 4.19. The zero-order valence-corrected chi connectivity index (χ0v) is 18.6. The van der Waals surface area contributed by atoms with Crippen molar-refractivity contribution >= 4 is 5.57 Å². The predicted octanol–water partition coefficient (Wildman–Crippen LogP) is 5.84. The quantitative estimate of drug-likeness (QED) is 0.498. The topological polar surface area (TPSA) is 70.5 Å². The molecular weight excluding hydrogens is 396 g/mol. The first-order chi connectivity index (χ1) is 15.6. The first-order valence-electron chi connectivity index (χ1n) is 11.1. The van der Waals surface area contributed by atoms with Crippen molar-refractivity contribution in [1.29, 1.82) is 0 Å². The summed E-state index contributed by atoms with van der Waals surface area (Å²) in [5.41, 5.74) is 15.8. The minimum Gasteiger partial charge on any atom is -0.457 e. The summed E-state index contributed by atoms with van der Waals surface area (Å²) in [6, 6.07) is 25.3. The maximum absolute atomic E-state index is 7.04. The van der Waals surface area contributed by atoms with Crippen molar-refractivity contribution in [2.75, 3.05) is 0 Å².